The molecule has 1 fully saturated rings. The molecule has 274 valence electrons. The Morgan fingerprint density at radius 2 is 1.18 bits per heavy atom. The Labute approximate surface area is 287 Å². The van der Waals surface area contributed by atoms with Crippen LogP contribution in [0.1, 0.15) is 91.9 Å². The summed E-state index contributed by atoms with van der Waals surface area (Å²) >= 11 is 0. The maximum absolute atomic E-state index is 12.5. The lowest BCUT2D eigenvalue weighted by molar-refractivity contribution is -0.288. The van der Waals surface area contributed by atoms with Gasteiger partial charge in [0.05, 0.1) is 0 Å². The minimum Gasteiger partial charge on any atom is -0.463 e. The van der Waals surface area contributed by atoms with Gasteiger partial charge in [-0.2, -0.15) is 0 Å². The van der Waals surface area contributed by atoms with Crippen LogP contribution in [0.2, 0.25) is 0 Å². The van der Waals surface area contributed by atoms with Crippen LogP contribution in [0.4, 0.5) is 5.69 Å². The molecular formula is C34H51N3O12. The molecule has 1 aromatic rings. The van der Waals surface area contributed by atoms with Crippen LogP contribution in [0.25, 0.3) is 0 Å². The average Bonchev–Trinajstić information content (AvgIpc) is 3.03. The van der Waals surface area contributed by atoms with Crippen LogP contribution >= 0.6 is 0 Å². The number of hydrogen-bond donors (Lipinski definition) is 3. The summed E-state index contributed by atoms with van der Waals surface area (Å²) in [7, 11) is 0. The zero-order valence-corrected chi connectivity index (χ0v) is 28.9. The van der Waals surface area contributed by atoms with Crippen LogP contribution in [-0.4, -0.2) is 86.1 Å². The van der Waals surface area contributed by atoms with E-state index in [-0.39, 0.29) is 24.2 Å². The SMILES string of the molecule is CC(=O)OC[C@H]1O[C@@H](Oc2ccc(NC(=O)CCCCCCCCCCC(=O)NCCN)cc2)[C@H](OC(C)=O)[C@@H](OC(C)=O)[C@@H]1OC(C)=O. The van der Waals surface area contributed by atoms with E-state index in [1.165, 1.54) is 6.92 Å². The smallest absolute Gasteiger partial charge is 0.303 e. The molecule has 0 aliphatic carbocycles. The van der Waals surface area contributed by atoms with Gasteiger partial charge in [-0.05, 0) is 37.1 Å². The van der Waals surface area contributed by atoms with Gasteiger partial charge in [0.2, 0.25) is 24.2 Å². The molecule has 5 atom stereocenters. The molecule has 0 aromatic heterocycles. The Morgan fingerprint density at radius 1 is 0.673 bits per heavy atom. The standard InChI is InChI=1S/C34H51N3O12/c1-22(38)44-21-28-31(45-23(2)39)32(46-24(3)40)33(47-25(4)41)34(49-28)48-27-17-15-26(16-18-27)37-30(43)14-12-10-8-6-5-7-9-11-13-29(42)36-20-19-35/h15-18,28,31-34H,5-14,19-21,35H2,1-4H3,(H,36,42)(H,37,43)/t28-,31-,32+,33-,34-/m1/s1. The van der Waals surface area contributed by atoms with Crippen molar-refractivity contribution in [1.29, 1.82) is 0 Å². The number of anilines is 1. The number of esters is 4. The highest BCUT2D eigenvalue weighted by atomic mass is 16.7. The molecule has 0 spiro atoms. The third-order valence-electron chi connectivity index (χ3n) is 7.36. The zero-order chi connectivity index (χ0) is 36.2. The number of amides is 2. The van der Waals surface area contributed by atoms with Crippen molar-refractivity contribution < 1.29 is 57.2 Å². The molecule has 49 heavy (non-hydrogen) atoms. The van der Waals surface area contributed by atoms with Crippen molar-refractivity contribution in [3.8, 4) is 5.75 Å². The number of carbonyl (C=O) groups excluding carboxylic acids is 6. The quantitative estimate of drug-likeness (QED) is 0.0962. The molecule has 0 bridgehead atoms. The normalized spacial score (nSPS) is 20.0. The Morgan fingerprint density at radius 3 is 1.71 bits per heavy atom. The minimum atomic E-state index is -1.37. The van der Waals surface area contributed by atoms with E-state index in [1.54, 1.807) is 24.3 Å². The summed E-state index contributed by atoms with van der Waals surface area (Å²) in [5, 5.41) is 5.62. The molecule has 1 aliphatic heterocycles. The van der Waals surface area contributed by atoms with E-state index < -0.39 is 54.6 Å². The van der Waals surface area contributed by atoms with Gasteiger partial charge in [-0.25, -0.2) is 0 Å². The summed E-state index contributed by atoms with van der Waals surface area (Å²) in [5.74, 6) is -2.67. The molecule has 2 rings (SSSR count). The molecule has 1 heterocycles. The second kappa shape index (κ2) is 22.4. The van der Waals surface area contributed by atoms with Gasteiger partial charge in [-0.1, -0.05) is 38.5 Å². The van der Waals surface area contributed by atoms with Gasteiger partial charge in [-0.3, -0.25) is 28.8 Å². The lowest BCUT2D eigenvalue weighted by atomic mass is 9.98. The first-order valence-corrected chi connectivity index (χ1v) is 16.7. The van der Waals surface area contributed by atoms with E-state index >= 15 is 0 Å². The number of nitrogens with one attached hydrogen (secondary N) is 2. The van der Waals surface area contributed by atoms with E-state index in [1.807, 2.05) is 0 Å². The molecule has 1 aromatic carbocycles. The fourth-order valence-corrected chi connectivity index (χ4v) is 5.19. The molecule has 15 nitrogen and oxygen atoms in total. The minimum absolute atomic E-state index is 0.0521. The van der Waals surface area contributed by atoms with Crippen molar-refractivity contribution >= 4 is 41.4 Å². The maximum Gasteiger partial charge on any atom is 0.303 e. The third kappa shape index (κ3) is 16.6. The first kappa shape index (κ1) is 40.9. The summed E-state index contributed by atoms with van der Waals surface area (Å²) in [6.45, 7) is 5.19. The number of unbranched alkanes of at least 4 members (excludes halogenated alkanes) is 7. The molecule has 4 N–H and O–H groups in total. The summed E-state index contributed by atoms with van der Waals surface area (Å²) in [5.41, 5.74) is 5.91. The number of rotatable bonds is 21. The van der Waals surface area contributed by atoms with Crippen molar-refractivity contribution in [2.24, 2.45) is 5.73 Å². The molecule has 2 amide bonds. The Kier molecular flexibility index (Phi) is 18.7. The lowest BCUT2D eigenvalue weighted by Crippen LogP contribution is -2.63. The average molecular weight is 694 g/mol. The molecule has 1 saturated heterocycles. The van der Waals surface area contributed by atoms with Crippen LogP contribution in [0.5, 0.6) is 5.75 Å². The number of nitrogens with two attached hydrogens (primary N) is 1. The summed E-state index contributed by atoms with van der Waals surface area (Å²) < 4.78 is 33.2. The van der Waals surface area contributed by atoms with Crippen LogP contribution in [0, 0.1) is 0 Å². The van der Waals surface area contributed by atoms with E-state index in [9.17, 15) is 28.8 Å². The van der Waals surface area contributed by atoms with Crippen molar-refractivity contribution in [3.63, 3.8) is 0 Å². The fraction of sp³-hybridized carbons (Fsp3) is 0.647. The van der Waals surface area contributed by atoms with Crippen LogP contribution < -0.4 is 21.1 Å². The number of ether oxygens (including phenoxy) is 6. The molecule has 0 radical (unpaired) electrons. The lowest BCUT2D eigenvalue weighted by Gasteiger charge is -2.43. The van der Waals surface area contributed by atoms with Crippen molar-refractivity contribution in [1.82, 2.24) is 5.32 Å². The second-order valence-corrected chi connectivity index (χ2v) is 11.7. The summed E-state index contributed by atoms with van der Waals surface area (Å²) in [6.07, 6.45) is 2.30. The first-order valence-electron chi connectivity index (χ1n) is 16.7. The molecule has 0 saturated carbocycles. The zero-order valence-electron chi connectivity index (χ0n) is 28.9. The van der Waals surface area contributed by atoms with Gasteiger partial charge < -0.3 is 44.8 Å². The van der Waals surface area contributed by atoms with Crippen molar-refractivity contribution in [2.75, 3.05) is 25.0 Å². The van der Waals surface area contributed by atoms with Crippen LogP contribution in [-0.2, 0) is 52.5 Å². The summed E-state index contributed by atoms with van der Waals surface area (Å²) in [4.78, 5) is 71.5. The van der Waals surface area contributed by atoms with Crippen LogP contribution in [0.15, 0.2) is 24.3 Å². The molecular weight excluding hydrogens is 642 g/mol. The van der Waals surface area contributed by atoms with Crippen molar-refractivity contribution in [2.45, 2.75) is 123 Å². The Balaban J connectivity index is 1.89. The van der Waals surface area contributed by atoms with Gasteiger partial charge >= 0.3 is 23.9 Å². The molecule has 1 aliphatic rings. The first-order chi connectivity index (χ1) is 23.4. The van der Waals surface area contributed by atoms with Crippen molar-refractivity contribution in [3.05, 3.63) is 24.3 Å². The second-order valence-electron chi connectivity index (χ2n) is 11.7. The number of benzene rings is 1. The topological polar surface area (TPSA) is 208 Å². The van der Waals surface area contributed by atoms with E-state index in [4.69, 9.17) is 34.2 Å². The predicted molar refractivity (Wildman–Crippen MR) is 176 cm³/mol. The van der Waals surface area contributed by atoms with Gasteiger partial charge in [0.1, 0.15) is 18.5 Å². The maximum atomic E-state index is 12.5. The van der Waals surface area contributed by atoms with E-state index in [0.29, 0.717) is 31.6 Å². The number of hydrogen-bond acceptors (Lipinski definition) is 13. The Bertz CT molecular complexity index is 1230. The Hall–Kier alpha value is -4.24. The van der Waals surface area contributed by atoms with E-state index in [2.05, 4.69) is 10.6 Å². The van der Waals surface area contributed by atoms with Gasteiger partial charge in [0, 0.05) is 59.3 Å². The van der Waals surface area contributed by atoms with E-state index in [0.717, 1.165) is 72.1 Å². The van der Waals surface area contributed by atoms with Gasteiger partial charge in [0.15, 0.2) is 12.2 Å². The highest BCUT2D eigenvalue weighted by Gasteiger charge is 2.53. The highest BCUT2D eigenvalue weighted by molar-refractivity contribution is 5.90. The van der Waals surface area contributed by atoms with Crippen LogP contribution in [0.3, 0.4) is 0 Å². The molecule has 0 unspecified atom stereocenters. The van der Waals surface area contributed by atoms with Gasteiger partial charge in [-0.15, -0.1) is 0 Å². The fourth-order valence-electron chi connectivity index (χ4n) is 5.19. The highest BCUT2D eigenvalue weighted by Crippen LogP contribution is 2.31. The largest absolute Gasteiger partial charge is 0.463 e. The van der Waals surface area contributed by atoms with Gasteiger partial charge in [0.25, 0.3) is 0 Å². The monoisotopic (exact) mass is 693 g/mol. The third-order valence-corrected chi connectivity index (χ3v) is 7.36. The molecule has 15 heteroatoms. The number of carbonyl (C=O) groups is 6. The predicted octanol–water partition coefficient (Wildman–Crippen LogP) is 3.06. The summed E-state index contributed by atoms with van der Waals surface area (Å²) in [6, 6.07) is 6.38.